The molecule has 1 aromatic heterocycles. The van der Waals surface area contributed by atoms with Crippen LogP contribution in [0.4, 0.5) is 0 Å². The predicted molar refractivity (Wildman–Crippen MR) is 45.7 cm³/mol. The lowest BCUT2D eigenvalue weighted by atomic mass is 10.0. The maximum Gasteiger partial charge on any atom is 0.101 e. The van der Waals surface area contributed by atoms with Crippen LogP contribution < -0.4 is 0 Å². The van der Waals surface area contributed by atoms with Gasteiger partial charge >= 0.3 is 0 Å². The van der Waals surface area contributed by atoms with Crippen molar-refractivity contribution in [3.63, 3.8) is 0 Å². The van der Waals surface area contributed by atoms with Gasteiger partial charge in [-0.3, -0.25) is 4.98 Å². The third-order valence-corrected chi connectivity index (χ3v) is 2.30. The Morgan fingerprint density at radius 3 is 2.92 bits per heavy atom. The summed E-state index contributed by atoms with van der Waals surface area (Å²) in [7, 11) is 0. The van der Waals surface area contributed by atoms with Crippen LogP contribution in [-0.4, -0.2) is 4.98 Å². The Morgan fingerprint density at radius 2 is 2.33 bits per heavy atom. The molecule has 1 fully saturated rings. The summed E-state index contributed by atoms with van der Waals surface area (Å²) < 4.78 is 0. The summed E-state index contributed by atoms with van der Waals surface area (Å²) >= 11 is 0. The van der Waals surface area contributed by atoms with Crippen molar-refractivity contribution in [1.29, 1.82) is 5.26 Å². The Bertz CT molecular complexity index is 345. The SMILES string of the molecule is Cc1nccc(C2CC2)c1C#N. The minimum Gasteiger partial charge on any atom is -0.260 e. The average Bonchev–Trinajstić information content (AvgIpc) is 2.86. The second-order valence-electron chi connectivity index (χ2n) is 3.25. The molecular formula is C10H10N2. The molecule has 2 heteroatoms. The van der Waals surface area contributed by atoms with Crippen LogP contribution in [0.1, 0.15) is 35.6 Å². The van der Waals surface area contributed by atoms with Crippen LogP contribution >= 0.6 is 0 Å². The molecule has 0 radical (unpaired) electrons. The monoisotopic (exact) mass is 158 g/mol. The minimum atomic E-state index is 0.640. The fourth-order valence-corrected chi connectivity index (χ4v) is 1.47. The van der Waals surface area contributed by atoms with Gasteiger partial charge in [0, 0.05) is 6.20 Å². The minimum absolute atomic E-state index is 0.640. The molecule has 1 aliphatic carbocycles. The van der Waals surface area contributed by atoms with E-state index >= 15 is 0 Å². The second kappa shape index (κ2) is 2.60. The van der Waals surface area contributed by atoms with Gasteiger partial charge in [-0.05, 0) is 37.3 Å². The number of hydrogen-bond acceptors (Lipinski definition) is 2. The van der Waals surface area contributed by atoms with Gasteiger partial charge in [0.2, 0.25) is 0 Å². The fraction of sp³-hybridized carbons (Fsp3) is 0.400. The molecule has 1 aliphatic rings. The smallest absolute Gasteiger partial charge is 0.101 e. The van der Waals surface area contributed by atoms with Crippen LogP contribution in [-0.2, 0) is 0 Å². The number of nitrogens with zero attached hydrogens (tertiary/aromatic N) is 2. The normalized spacial score (nSPS) is 15.7. The van der Waals surface area contributed by atoms with Crippen LogP contribution in [0.25, 0.3) is 0 Å². The molecule has 0 aromatic carbocycles. The Labute approximate surface area is 71.9 Å². The third-order valence-electron chi connectivity index (χ3n) is 2.30. The van der Waals surface area contributed by atoms with Gasteiger partial charge in [-0.15, -0.1) is 0 Å². The Kier molecular flexibility index (Phi) is 1.58. The Balaban J connectivity index is 2.53. The second-order valence-corrected chi connectivity index (χ2v) is 3.25. The van der Waals surface area contributed by atoms with Gasteiger partial charge in [0.1, 0.15) is 6.07 Å². The summed E-state index contributed by atoms with van der Waals surface area (Å²) in [6, 6.07) is 4.20. The number of aromatic nitrogens is 1. The summed E-state index contributed by atoms with van der Waals surface area (Å²) in [5.74, 6) is 0.640. The van der Waals surface area contributed by atoms with E-state index in [4.69, 9.17) is 5.26 Å². The van der Waals surface area contributed by atoms with E-state index in [1.165, 1.54) is 18.4 Å². The molecule has 0 N–H and O–H groups in total. The van der Waals surface area contributed by atoms with Crippen LogP contribution in [0, 0.1) is 18.3 Å². The molecule has 2 nitrogen and oxygen atoms in total. The highest BCUT2D eigenvalue weighted by Gasteiger charge is 2.26. The zero-order valence-electron chi connectivity index (χ0n) is 7.04. The van der Waals surface area contributed by atoms with Crippen LogP contribution in [0.15, 0.2) is 12.3 Å². The average molecular weight is 158 g/mol. The van der Waals surface area contributed by atoms with Gasteiger partial charge < -0.3 is 0 Å². The highest BCUT2D eigenvalue weighted by Crippen LogP contribution is 2.41. The molecule has 1 heterocycles. The van der Waals surface area contributed by atoms with E-state index in [1.54, 1.807) is 6.20 Å². The lowest BCUT2D eigenvalue weighted by Gasteiger charge is -2.02. The molecule has 1 saturated carbocycles. The molecular weight excluding hydrogens is 148 g/mol. The predicted octanol–water partition coefficient (Wildman–Crippen LogP) is 2.14. The zero-order chi connectivity index (χ0) is 8.55. The standard InChI is InChI=1S/C10H10N2/c1-7-10(6-11)9(4-5-12-7)8-2-3-8/h4-5,8H,2-3H2,1H3. The molecule has 60 valence electrons. The van der Waals surface area contributed by atoms with Crippen molar-refractivity contribution >= 4 is 0 Å². The first kappa shape index (κ1) is 7.30. The zero-order valence-corrected chi connectivity index (χ0v) is 7.04. The van der Waals surface area contributed by atoms with Gasteiger partial charge in [0.05, 0.1) is 11.3 Å². The largest absolute Gasteiger partial charge is 0.260 e. The van der Waals surface area contributed by atoms with Gasteiger partial charge in [-0.2, -0.15) is 5.26 Å². The molecule has 12 heavy (non-hydrogen) atoms. The van der Waals surface area contributed by atoms with E-state index in [0.717, 1.165) is 11.3 Å². The number of nitriles is 1. The van der Waals surface area contributed by atoms with Crippen molar-refractivity contribution < 1.29 is 0 Å². The number of hydrogen-bond donors (Lipinski definition) is 0. The maximum atomic E-state index is 8.89. The molecule has 0 amide bonds. The molecule has 0 atom stereocenters. The van der Waals surface area contributed by atoms with Crippen molar-refractivity contribution in [2.24, 2.45) is 0 Å². The molecule has 0 aliphatic heterocycles. The highest BCUT2D eigenvalue weighted by atomic mass is 14.7. The van der Waals surface area contributed by atoms with Gasteiger partial charge in [-0.25, -0.2) is 0 Å². The van der Waals surface area contributed by atoms with Crippen molar-refractivity contribution in [2.75, 3.05) is 0 Å². The van der Waals surface area contributed by atoms with Crippen molar-refractivity contribution in [3.8, 4) is 6.07 Å². The Morgan fingerprint density at radius 1 is 1.58 bits per heavy atom. The lowest BCUT2D eigenvalue weighted by molar-refractivity contribution is 1.06. The van der Waals surface area contributed by atoms with E-state index in [2.05, 4.69) is 11.1 Å². The fourth-order valence-electron chi connectivity index (χ4n) is 1.47. The molecule has 0 unspecified atom stereocenters. The van der Waals surface area contributed by atoms with E-state index in [9.17, 15) is 0 Å². The summed E-state index contributed by atoms with van der Waals surface area (Å²) in [6.07, 6.45) is 4.26. The first-order chi connectivity index (χ1) is 5.83. The molecule has 2 rings (SSSR count). The van der Waals surface area contributed by atoms with E-state index < -0.39 is 0 Å². The summed E-state index contributed by atoms with van der Waals surface area (Å²) in [6.45, 7) is 1.89. The highest BCUT2D eigenvalue weighted by molar-refractivity contribution is 5.43. The van der Waals surface area contributed by atoms with E-state index in [0.29, 0.717) is 5.92 Å². The summed E-state index contributed by atoms with van der Waals surface area (Å²) in [5, 5.41) is 8.89. The quantitative estimate of drug-likeness (QED) is 0.627. The Hall–Kier alpha value is -1.36. The summed E-state index contributed by atoms with van der Waals surface area (Å²) in [5.41, 5.74) is 2.85. The van der Waals surface area contributed by atoms with Crippen molar-refractivity contribution in [1.82, 2.24) is 4.98 Å². The van der Waals surface area contributed by atoms with Gasteiger partial charge in [-0.1, -0.05) is 0 Å². The van der Waals surface area contributed by atoms with Gasteiger partial charge in [0.15, 0.2) is 0 Å². The molecule has 1 aromatic rings. The third kappa shape index (κ3) is 1.08. The van der Waals surface area contributed by atoms with Crippen LogP contribution in [0.3, 0.4) is 0 Å². The number of rotatable bonds is 1. The maximum absolute atomic E-state index is 8.89. The topological polar surface area (TPSA) is 36.7 Å². The first-order valence-corrected chi connectivity index (χ1v) is 4.18. The molecule has 0 bridgehead atoms. The lowest BCUT2D eigenvalue weighted by Crippen LogP contribution is -1.93. The van der Waals surface area contributed by atoms with Crippen molar-refractivity contribution in [3.05, 3.63) is 29.1 Å². The summed E-state index contributed by atoms with van der Waals surface area (Å²) in [4.78, 5) is 4.10. The van der Waals surface area contributed by atoms with Crippen LogP contribution in [0.5, 0.6) is 0 Å². The first-order valence-electron chi connectivity index (χ1n) is 4.18. The molecule has 0 saturated heterocycles. The van der Waals surface area contributed by atoms with Crippen molar-refractivity contribution in [2.45, 2.75) is 25.7 Å². The number of aryl methyl sites for hydroxylation is 1. The van der Waals surface area contributed by atoms with Crippen LogP contribution in [0.2, 0.25) is 0 Å². The number of pyridine rings is 1. The van der Waals surface area contributed by atoms with Gasteiger partial charge in [0.25, 0.3) is 0 Å². The van der Waals surface area contributed by atoms with E-state index in [-0.39, 0.29) is 0 Å². The van der Waals surface area contributed by atoms with E-state index in [1.807, 2.05) is 13.0 Å². The molecule has 0 spiro atoms.